The van der Waals surface area contributed by atoms with Crippen molar-refractivity contribution in [2.75, 3.05) is 7.11 Å². The molecule has 18 heavy (non-hydrogen) atoms. The number of hydrogen-bond acceptors (Lipinski definition) is 6. The SMILES string of the molecule is COc1cc(C(=O)NC(N)=O)cc([N+](=O)[O-])c1O. The number of benzene rings is 1. The first kappa shape index (κ1) is 13.2. The molecule has 1 rings (SSSR count). The minimum Gasteiger partial charge on any atom is -0.500 e. The van der Waals surface area contributed by atoms with Crippen molar-refractivity contribution >= 4 is 17.6 Å². The Morgan fingerprint density at radius 3 is 2.56 bits per heavy atom. The molecular weight excluding hydrogens is 246 g/mol. The molecule has 0 aromatic heterocycles. The first-order chi connectivity index (χ1) is 8.36. The summed E-state index contributed by atoms with van der Waals surface area (Å²) in [5, 5.41) is 21.8. The van der Waals surface area contributed by atoms with Crippen LogP contribution < -0.4 is 15.8 Å². The van der Waals surface area contributed by atoms with Gasteiger partial charge in [0.05, 0.1) is 17.6 Å². The standard InChI is InChI=1S/C9H9N3O6/c1-18-6-3-4(8(14)11-9(10)15)2-5(7(6)13)12(16)17/h2-3,13H,1H3,(H3,10,11,14,15). The van der Waals surface area contributed by atoms with Gasteiger partial charge < -0.3 is 15.6 Å². The van der Waals surface area contributed by atoms with Gasteiger partial charge in [-0.1, -0.05) is 0 Å². The molecule has 0 fully saturated rings. The van der Waals surface area contributed by atoms with E-state index in [4.69, 9.17) is 5.73 Å². The monoisotopic (exact) mass is 255 g/mol. The summed E-state index contributed by atoms with van der Waals surface area (Å²) in [6.45, 7) is 0. The number of carbonyl (C=O) groups excluding carboxylic acids is 2. The van der Waals surface area contributed by atoms with Crippen LogP contribution >= 0.6 is 0 Å². The summed E-state index contributed by atoms with van der Waals surface area (Å²) in [6.07, 6.45) is 0. The molecule has 96 valence electrons. The van der Waals surface area contributed by atoms with E-state index in [-0.39, 0.29) is 11.3 Å². The number of amides is 3. The molecule has 1 aromatic rings. The van der Waals surface area contributed by atoms with Crippen molar-refractivity contribution in [1.82, 2.24) is 5.32 Å². The van der Waals surface area contributed by atoms with Gasteiger partial charge >= 0.3 is 11.7 Å². The second-order valence-corrected chi connectivity index (χ2v) is 3.12. The number of phenols is 1. The summed E-state index contributed by atoms with van der Waals surface area (Å²) in [7, 11) is 1.16. The predicted octanol–water partition coefficient (Wildman–Crippen LogP) is 0.118. The lowest BCUT2D eigenvalue weighted by molar-refractivity contribution is -0.386. The summed E-state index contributed by atoms with van der Waals surface area (Å²) in [6, 6.07) is 0.742. The number of nitrogens with zero attached hydrogens (tertiary/aromatic N) is 1. The smallest absolute Gasteiger partial charge is 0.319 e. The van der Waals surface area contributed by atoms with Crippen molar-refractivity contribution in [3.63, 3.8) is 0 Å². The van der Waals surface area contributed by atoms with Crippen molar-refractivity contribution in [2.24, 2.45) is 5.73 Å². The first-order valence-corrected chi connectivity index (χ1v) is 4.53. The van der Waals surface area contributed by atoms with Crippen LogP contribution in [0, 0.1) is 10.1 Å². The van der Waals surface area contributed by atoms with Crippen LogP contribution in [0.15, 0.2) is 12.1 Å². The summed E-state index contributed by atoms with van der Waals surface area (Å²) < 4.78 is 4.68. The fourth-order valence-electron chi connectivity index (χ4n) is 1.20. The van der Waals surface area contributed by atoms with Gasteiger partial charge in [-0.05, 0) is 6.07 Å². The highest BCUT2D eigenvalue weighted by molar-refractivity contribution is 6.04. The zero-order valence-corrected chi connectivity index (χ0v) is 9.17. The van der Waals surface area contributed by atoms with E-state index in [1.54, 1.807) is 5.32 Å². The fourth-order valence-corrected chi connectivity index (χ4v) is 1.20. The number of methoxy groups -OCH3 is 1. The average Bonchev–Trinajstić information content (AvgIpc) is 2.27. The number of ether oxygens (including phenoxy) is 1. The molecule has 0 aliphatic rings. The Kier molecular flexibility index (Phi) is 3.67. The van der Waals surface area contributed by atoms with Crippen LogP contribution in [0.1, 0.15) is 10.4 Å². The van der Waals surface area contributed by atoms with E-state index >= 15 is 0 Å². The number of aromatic hydroxyl groups is 1. The van der Waals surface area contributed by atoms with Crippen LogP contribution in [-0.2, 0) is 0 Å². The van der Waals surface area contributed by atoms with Gasteiger partial charge in [0.15, 0.2) is 5.75 Å². The molecule has 0 aliphatic heterocycles. The van der Waals surface area contributed by atoms with Gasteiger partial charge in [0.1, 0.15) is 0 Å². The number of urea groups is 1. The molecule has 9 heteroatoms. The third-order valence-corrected chi connectivity index (χ3v) is 1.97. The second kappa shape index (κ2) is 4.99. The molecule has 0 atom stereocenters. The zero-order chi connectivity index (χ0) is 13.9. The number of nitrogens with two attached hydrogens (primary N) is 1. The van der Waals surface area contributed by atoms with Gasteiger partial charge in [-0.3, -0.25) is 20.2 Å². The van der Waals surface area contributed by atoms with Crippen molar-refractivity contribution < 1.29 is 24.4 Å². The highest BCUT2D eigenvalue weighted by Gasteiger charge is 2.22. The summed E-state index contributed by atoms with van der Waals surface area (Å²) >= 11 is 0. The zero-order valence-electron chi connectivity index (χ0n) is 9.17. The van der Waals surface area contributed by atoms with Crippen LogP contribution in [0.4, 0.5) is 10.5 Å². The highest BCUT2D eigenvalue weighted by atomic mass is 16.6. The van der Waals surface area contributed by atoms with Crippen molar-refractivity contribution in [3.8, 4) is 11.5 Å². The molecule has 0 aliphatic carbocycles. The van der Waals surface area contributed by atoms with E-state index in [2.05, 4.69) is 4.74 Å². The number of carbonyl (C=O) groups is 2. The van der Waals surface area contributed by atoms with Crippen molar-refractivity contribution in [3.05, 3.63) is 27.8 Å². The number of imide groups is 1. The quantitative estimate of drug-likeness (QED) is 0.516. The molecule has 9 nitrogen and oxygen atoms in total. The van der Waals surface area contributed by atoms with Crippen molar-refractivity contribution in [2.45, 2.75) is 0 Å². The van der Waals surface area contributed by atoms with Gasteiger partial charge in [0.25, 0.3) is 5.91 Å². The van der Waals surface area contributed by atoms with E-state index in [9.17, 15) is 24.8 Å². The number of primary amides is 1. The van der Waals surface area contributed by atoms with Crippen LogP contribution in [0.3, 0.4) is 0 Å². The minimum absolute atomic E-state index is 0.241. The van der Waals surface area contributed by atoms with E-state index in [0.717, 1.165) is 19.2 Å². The van der Waals surface area contributed by atoms with Crippen LogP contribution in [0.5, 0.6) is 11.5 Å². The maximum absolute atomic E-state index is 11.4. The number of nitro benzene ring substituents is 1. The summed E-state index contributed by atoms with van der Waals surface area (Å²) in [5.41, 5.74) is 3.78. The molecule has 4 N–H and O–H groups in total. The molecule has 0 spiro atoms. The van der Waals surface area contributed by atoms with Crippen LogP contribution in [-0.4, -0.2) is 29.1 Å². The van der Waals surface area contributed by atoms with Gasteiger partial charge in [-0.2, -0.15) is 0 Å². The minimum atomic E-state index is -1.10. The Morgan fingerprint density at radius 2 is 2.11 bits per heavy atom. The number of nitrogens with one attached hydrogen (secondary N) is 1. The molecule has 0 bridgehead atoms. The lowest BCUT2D eigenvalue weighted by atomic mass is 10.1. The molecule has 0 saturated heterocycles. The Morgan fingerprint density at radius 1 is 1.50 bits per heavy atom. The van der Waals surface area contributed by atoms with Gasteiger partial charge in [0, 0.05) is 6.07 Å². The van der Waals surface area contributed by atoms with Gasteiger partial charge in [-0.15, -0.1) is 0 Å². The molecule has 0 unspecified atom stereocenters. The third-order valence-electron chi connectivity index (χ3n) is 1.97. The van der Waals surface area contributed by atoms with Crippen molar-refractivity contribution in [1.29, 1.82) is 0 Å². The Bertz CT molecular complexity index is 527. The van der Waals surface area contributed by atoms with Crippen LogP contribution in [0.2, 0.25) is 0 Å². The molecule has 0 radical (unpaired) electrons. The maximum atomic E-state index is 11.4. The van der Waals surface area contributed by atoms with E-state index in [1.165, 1.54) is 0 Å². The van der Waals surface area contributed by atoms with Crippen LogP contribution in [0.25, 0.3) is 0 Å². The normalized spacial score (nSPS) is 9.61. The fraction of sp³-hybridized carbons (Fsp3) is 0.111. The van der Waals surface area contributed by atoms with E-state index < -0.39 is 28.3 Å². The highest BCUT2D eigenvalue weighted by Crippen LogP contribution is 2.36. The third kappa shape index (κ3) is 2.64. The number of nitro groups is 1. The summed E-state index contributed by atoms with van der Waals surface area (Å²) in [4.78, 5) is 31.7. The topological polar surface area (TPSA) is 145 Å². The lowest BCUT2D eigenvalue weighted by Gasteiger charge is -2.06. The molecular formula is C9H9N3O6. The molecule has 1 aromatic carbocycles. The maximum Gasteiger partial charge on any atom is 0.319 e. The molecule has 0 heterocycles. The number of phenolic OH excluding ortho intramolecular Hbond substituents is 1. The molecule has 0 saturated carbocycles. The lowest BCUT2D eigenvalue weighted by Crippen LogP contribution is -2.34. The second-order valence-electron chi connectivity index (χ2n) is 3.12. The largest absolute Gasteiger partial charge is 0.500 e. The average molecular weight is 255 g/mol. The Balaban J connectivity index is 3.30. The first-order valence-electron chi connectivity index (χ1n) is 4.53. The Hall–Kier alpha value is -2.84. The summed E-state index contributed by atoms with van der Waals surface area (Å²) in [5.74, 6) is -1.92. The van der Waals surface area contributed by atoms with Gasteiger partial charge in [-0.25, -0.2) is 4.79 Å². The number of rotatable bonds is 3. The number of hydrogen-bond donors (Lipinski definition) is 3. The van der Waals surface area contributed by atoms with E-state index in [0.29, 0.717) is 0 Å². The Labute approximate surface area is 100 Å². The van der Waals surface area contributed by atoms with E-state index in [1.807, 2.05) is 0 Å². The molecule has 3 amide bonds. The van der Waals surface area contributed by atoms with Gasteiger partial charge in [0.2, 0.25) is 5.75 Å². The predicted molar refractivity (Wildman–Crippen MR) is 58.4 cm³/mol.